The monoisotopic (exact) mass is 431 g/mol. The molecule has 31 heavy (non-hydrogen) atoms. The summed E-state index contributed by atoms with van der Waals surface area (Å²) in [7, 11) is 0. The van der Waals surface area contributed by atoms with Gasteiger partial charge < -0.3 is 4.52 Å². The highest BCUT2D eigenvalue weighted by Crippen LogP contribution is 2.42. The Morgan fingerprint density at radius 2 is 1.94 bits per heavy atom. The molecule has 1 atom stereocenters. The first-order valence-electron chi connectivity index (χ1n) is 10.2. The lowest BCUT2D eigenvalue weighted by Gasteiger charge is -2.14. The quantitative estimate of drug-likeness (QED) is 0.291. The second kappa shape index (κ2) is 9.23. The number of aryl methyl sites for hydroxylation is 2. The lowest BCUT2D eigenvalue weighted by atomic mass is 9.90. The van der Waals surface area contributed by atoms with Crippen LogP contribution in [0.4, 0.5) is 0 Å². The van der Waals surface area contributed by atoms with Gasteiger partial charge in [0.05, 0.1) is 5.56 Å². The highest BCUT2D eigenvalue weighted by atomic mass is 35.5. The van der Waals surface area contributed by atoms with Crippen molar-refractivity contribution in [3.63, 3.8) is 0 Å². The molecule has 6 heteroatoms. The Bertz CT molecular complexity index is 1200. The lowest BCUT2D eigenvalue weighted by Crippen LogP contribution is -2.02. The van der Waals surface area contributed by atoms with Crippen molar-refractivity contribution in [1.82, 2.24) is 10.1 Å². The summed E-state index contributed by atoms with van der Waals surface area (Å²) in [6, 6.07) is 16.4. The number of pyridine rings is 1. The Kier molecular flexibility index (Phi) is 6.23. The van der Waals surface area contributed by atoms with Crippen molar-refractivity contribution in [3.8, 4) is 22.6 Å². The molecule has 0 aliphatic rings. The number of hydrogen-bond donors (Lipinski definition) is 0. The molecule has 0 fully saturated rings. The molecule has 156 valence electrons. The zero-order valence-electron chi connectivity index (χ0n) is 17.4. The minimum Gasteiger partial charge on any atom is -0.355 e. The fraction of sp³-hybridized carbons (Fsp3) is 0.200. The largest absolute Gasteiger partial charge is 0.355 e. The van der Waals surface area contributed by atoms with E-state index in [1.165, 1.54) is 0 Å². The van der Waals surface area contributed by atoms with E-state index in [4.69, 9.17) is 16.1 Å². The standard InChI is InChI=1S/C25H22ClN3O2/c1-3-7-17-14-19(26)11-12-21(17)24-22(23(28-30)18-9-6-13-27-15-18)25(31-29-24)20-10-5-4-8-16(20)2/h4-6,8-15,23H,3,7H2,1-2H3. The van der Waals surface area contributed by atoms with E-state index in [2.05, 4.69) is 22.2 Å². The molecule has 2 aromatic heterocycles. The average Bonchev–Trinajstić information content (AvgIpc) is 3.20. The predicted octanol–water partition coefficient (Wildman–Crippen LogP) is 7.17. The van der Waals surface area contributed by atoms with Crippen molar-refractivity contribution in [2.24, 2.45) is 5.18 Å². The summed E-state index contributed by atoms with van der Waals surface area (Å²) in [4.78, 5) is 16.3. The van der Waals surface area contributed by atoms with Gasteiger partial charge in [-0.05, 0) is 42.7 Å². The van der Waals surface area contributed by atoms with Crippen LogP contribution in [0.1, 0.15) is 41.6 Å². The fourth-order valence-electron chi connectivity index (χ4n) is 3.85. The van der Waals surface area contributed by atoms with Crippen LogP contribution >= 0.6 is 11.6 Å². The van der Waals surface area contributed by atoms with Crippen LogP contribution in [0.2, 0.25) is 5.02 Å². The summed E-state index contributed by atoms with van der Waals surface area (Å²) >= 11 is 6.27. The van der Waals surface area contributed by atoms with Crippen LogP contribution in [0, 0.1) is 11.8 Å². The molecule has 0 aliphatic carbocycles. The normalized spacial score (nSPS) is 12.0. The maximum atomic E-state index is 12.2. The van der Waals surface area contributed by atoms with Crippen LogP contribution in [0.5, 0.6) is 0 Å². The predicted molar refractivity (Wildman–Crippen MR) is 123 cm³/mol. The number of benzene rings is 2. The number of rotatable bonds is 7. The second-order valence-corrected chi connectivity index (χ2v) is 7.87. The van der Waals surface area contributed by atoms with Gasteiger partial charge in [0, 0.05) is 34.1 Å². The zero-order chi connectivity index (χ0) is 21.8. The fourth-order valence-corrected chi connectivity index (χ4v) is 4.05. The van der Waals surface area contributed by atoms with Gasteiger partial charge >= 0.3 is 0 Å². The Hall–Kier alpha value is -3.31. The third-order valence-corrected chi connectivity index (χ3v) is 5.57. The molecule has 0 spiro atoms. The van der Waals surface area contributed by atoms with Crippen molar-refractivity contribution in [3.05, 3.63) is 99.2 Å². The van der Waals surface area contributed by atoms with Gasteiger partial charge in [0.15, 0.2) is 5.76 Å². The van der Waals surface area contributed by atoms with Crippen molar-refractivity contribution in [2.45, 2.75) is 32.7 Å². The first-order valence-corrected chi connectivity index (χ1v) is 10.6. The Labute approximate surface area is 186 Å². The molecule has 4 aromatic rings. The van der Waals surface area contributed by atoms with E-state index in [1.54, 1.807) is 18.5 Å². The molecule has 0 N–H and O–H groups in total. The second-order valence-electron chi connectivity index (χ2n) is 7.43. The molecule has 2 aromatic carbocycles. The van der Waals surface area contributed by atoms with E-state index in [9.17, 15) is 4.91 Å². The van der Waals surface area contributed by atoms with E-state index in [0.717, 1.165) is 35.1 Å². The van der Waals surface area contributed by atoms with Crippen molar-refractivity contribution < 1.29 is 4.52 Å². The third kappa shape index (κ3) is 4.14. The van der Waals surface area contributed by atoms with Gasteiger partial charge in [-0.3, -0.25) is 4.98 Å². The molecular formula is C25H22ClN3O2. The van der Waals surface area contributed by atoms with E-state index in [0.29, 0.717) is 27.6 Å². The molecule has 0 saturated carbocycles. The van der Waals surface area contributed by atoms with E-state index >= 15 is 0 Å². The van der Waals surface area contributed by atoms with Crippen LogP contribution < -0.4 is 0 Å². The van der Waals surface area contributed by atoms with Crippen molar-refractivity contribution in [1.29, 1.82) is 0 Å². The van der Waals surface area contributed by atoms with Gasteiger partial charge in [-0.15, -0.1) is 4.91 Å². The summed E-state index contributed by atoms with van der Waals surface area (Å²) in [6.07, 6.45) is 5.09. The van der Waals surface area contributed by atoms with Gasteiger partial charge in [0.2, 0.25) is 0 Å². The first-order chi connectivity index (χ1) is 15.1. The lowest BCUT2D eigenvalue weighted by molar-refractivity contribution is 0.433. The SMILES string of the molecule is CCCc1cc(Cl)ccc1-c1noc(-c2ccccc2C)c1C(N=O)c1cccnc1. The number of hydrogen-bond acceptors (Lipinski definition) is 5. The summed E-state index contributed by atoms with van der Waals surface area (Å²) in [5.41, 5.74) is 5.76. The van der Waals surface area contributed by atoms with Crippen LogP contribution in [-0.2, 0) is 6.42 Å². The molecule has 4 rings (SSSR count). The number of nitroso groups, excluding NO2 is 1. The molecule has 5 nitrogen and oxygen atoms in total. The molecular weight excluding hydrogens is 410 g/mol. The maximum Gasteiger partial charge on any atom is 0.173 e. The zero-order valence-corrected chi connectivity index (χ0v) is 18.1. The van der Waals surface area contributed by atoms with E-state index < -0.39 is 6.04 Å². The summed E-state index contributed by atoms with van der Waals surface area (Å²) in [5, 5.41) is 8.57. The van der Waals surface area contributed by atoms with Crippen molar-refractivity contribution in [2.75, 3.05) is 0 Å². The molecule has 0 saturated heterocycles. The summed E-state index contributed by atoms with van der Waals surface area (Å²) < 4.78 is 5.88. The topological polar surface area (TPSA) is 68.3 Å². The Morgan fingerprint density at radius 1 is 1.10 bits per heavy atom. The number of nitrogens with zero attached hydrogens (tertiary/aromatic N) is 3. The summed E-state index contributed by atoms with van der Waals surface area (Å²) in [5.74, 6) is 0.541. The van der Waals surface area contributed by atoms with Gasteiger partial charge in [0.25, 0.3) is 0 Å². The molecule has 0 radical (unpaired) electrons. The average molecular weight is 432 g/mol. The van der Waals surface area contributed by atoms with Crippen LogP contribution in [0.25, 0.3) is 22.6 Å². The molecule has 0 bridgehead atoms. The third-order valence-electron chi connectivity index (χ3n) is 5.34. The molecule has 2 heterocycles. The van der Waals surface area contributed by atoms with Crippen LogP contribution in [-0.4, -0.2) is 10.1 Å². The van der Waals surface area contributed by atoms with Gasteiger partial charge in [-0.25, -0.2) is 0 Å². The van der Waals surface area contributed by atoms with Crippen LogP contribution in [0.3, 0.4) is 0 Å². The molecule has 0 amide bonds. The van der Waals surface area contributed by atoms with Gasteiger partial charge in [-0.2, -0.15) is 0 Å². The highest BCUT2D eigenvalue weighted by molar-refractivity contribution is 6.30. The van der Waals surface area contributed by atoms with Crippen molar-refractivity contribution >= 4 is 11.6 Å². The Balaban J connectivity index is 2.00. The first kappa shape index (κ1) is 20.9. The van der Waals surface area contributed by atoms with E-state index in [-0.39, 0.29) is 0 Å². The number of aromatic nitrogens is 2. The molecule has 0 aliphatic heterocycles. The van der Waals surface area contributed by atoms with Gasteiger partial charge in [0.1, 0.15) is 11.7 Å². The van der Waals surface area contributed by atoms with E-state index in [1.807, 2.05) is 55.5 Å². The smallest absolute Gasteiger partial charge is 0.173 e. The highest BCUT2D eigenvalue weighted by Gasteiger charge is 2.30. The number of halogens is 1. The minimum atomic E-state index is -0.810. The maximum absolute atomic E-state index is 12.2. The minimum absolute atomic E-state index is 0.541. The Morgan fingerprint density at radius 3 is 2.65 bits per heavy atom. The van der Waals surface area contributed by atoms with Gasteiger partial charge in [-0.1, -0.05) is 71.7 Å². The molecule has 1 unspecified atom stereocenters. The van der Waals surface area contributed by atoms with Crippen LogP contribution in [0.15, 0.2) is 76.7 Å². The summed E-state index contributed by atoms with van der Waals surface area (Å²) in [6.45, 7) is 4.11.